The van der Waals surface area contributed by atoms with Gasteiger partial charge in [-0.15, -0.1) is 0 Å². The van der Waals surface area contributed by atoms with E-state index in [0.717, 1.165) is 31.4 Å². The minimum absolute atomic E-state index is 0.0153. The highest BCUT2D eigenvalue weighted by Crippen LogP contribution is 2.44. The maximum Gasteiger partial charge on any atom is 0.408 e. The second-order valence-electron chi connectivity index (χ2n) is 8.32. The van der Waals surface area contributed by atoms with Crippen molar-refractivity contribution >= 4 is 12.0 Å². The van der Waals surface area contributed by atoms with Crippen molar-refractivity contribution in [3.05, 3.63) is 24.0 Å². The van der Waals surface area contributed by atoms with Crippen LogP contribution in [0.4, 0.5) is 4.79 Å². The van der Waals surface area contributed by atoms with Gasteiger partial charge in [0, 0.05) is 24.7 Å². The van der Waals surface area contributed by atoms with Gasteiger partial charge in [0.1, 0.15) is 11.6 Å². The number of amides is 2. The number of nitrogens with one attached hydrogen (secondary N) is 1. The smallest absolute Gasteiger partial charge is 0.408 e. The molecule has 1 aliphatic heterocycles. The molecule has 2 fully saturated rings. The molecule has 1 aromatic rings. The van der Waals surface area contributed by atoms with Gasteiger partial charge in [0.05, 0.1) is 6.20 Å². The second-order valence-corrected chi connectivity index (χ2v) is 8.32. The molecule has 0 bridgehead atoms. The van der Waals surface area contributed by atoms with Crippen LogP contribution in [-0.2, 0) is 16.0 Å². The second kappa shape index (κ2) is 7.21. The summed E-state index contributed by atoms with van der Waals surface area (Å²) in [7, 11) is 0. The first kappa shape index (κ1) is 18.6. The summed E-state index contributed by atoms with van der Waals surface area (Å²) < 4.78 is 5.36. The van der Waals surface area contributed by atoms with E-state index in [1.807, 2.05) is 11.0 Å². The quantitative estimate of drug-likeness (QED) is 0.891. The molecule has 0 aromatic carbocycles. The van der Waals surface area contributed by atoms with Crippen molar-refractivity contribution in [3.8, 4) is 0 Å². The fourth-order valence-electron chi connectivity index (χ4n) is 3.95. The molecule has 7 heteroatoms. The zero-order valence-corrected chi connectivity index (χ0v) is 15.8. The molecular weight excluding hydrogens is 332 g/mol. The zero-order valence-electron chi connectivity index (χ0n) is 15.8. The summed E-state index contributed by atoms with van der Waals surface area (Å²) in [6.07, 6.45) is 8.55. The van der Waals surface area contributed by atoms with Gasteiger partial charge in [-0.2, -0.15) is 10.2 Å². The van der Waals surface area contributed by atoms with E-state index in [0.29, 0.717) is 6.42 Å². The van der Waals surface area contributed by atoms with Crippen LogP contribution < -0.4 is 5.32 Å². The van der Waals surface area contributed by atoms with E-state index in [9.17, 15) is 9.59 Å². The van der Waals surface area contributed by atoms with E-state index in [1.54, 1.807) is 33.2 Å². The number of ether oxygens (including phenoxy) is 1. The monoisotopic (exact) mass is 360 g/mol. The lowest BCUT2D eigenvalue weighted by atomic mass is 9.82. The van der Waals surface area contributed by atoms with Crippen LogP contribution in [0.25, 0.3) is 0 Å². The predicted molar refractivity (Wildman–Crippen MR) is 96.4 cm³/mol. The van der Waals surface area contributed by atoms with Crippen molar-refractivity contribution in [3.63, 3.8) is 0 Å². The average Bonchev–Trinajstić information content (AvgIpc) is 3.04. The first-order valence-corrected chi connectivity index (χ1v) is 9.36. The Morgan fingerprint density at radius 2 is 2.00 bits per heavy atom. The summed E-state index contributed by atoms with van der Waals surface area (Å²) in [6, 6.07) is 1.15. The van der Waals surface area contributed by atoms with Crippen LogP contribution in [-0.4, -0.2) is 50.8 Å². The van der Waals surface area contributed by atoms with Crippen LogP contribution in [0, 0.1) is 0 Å². The normalized spacial score (nSPS) is 19.7. The molecule has 1 N–H and O–H groups in total. The number of rotatable bonds is 4. The minimum atomic E-state index is -0.660. The van der Waals surface area contributed by atoms with Crippen molar-refractivity contribution in [2.24, 2.45) is 0 Å². The van der Waals surface area contributed by atoms with Crippen molar-refractivity contribution in [1.29, 1.82) is 0 Å². The molecular formula is C19H28N4O3. The fourth-order valence-corrected chi connectivity index (χ4v) is 3.95. The summed E-state index contributed by atoms with van der Waals surface area (Å²) in [6.45, 7) is 6.18. The highest BCUT2D eigenvalue weighted by atomic mass is 16.6. The van der Waals surface area contributed by atoms with E-state index in [4.69, 9.17) is 4.74 Å². The van der Waals surface area contributed by atoms with Crippen molar-refractivity contribution in [2.45, 2.75) is 76.5 Å². The summed E-state index contributed by atoms with van der Waals surface area (Å²) >= 11 is 0. The van der Waals surface area contributed by atoms with Gasteiger partial charge in [0.15, 0.2) is 0 Å². The van der Waals surface area contributed by atoms with Gasteiger partial charge in [-0.3, -0.25) is 4.79 Å². The summed E-state index contributed by atoms with van der Waals surface area (Å²) in [5.41, 5.74) is 0.260. The Hall–Kier alpha value is -2.18. The van der Waals surface area contributed by atoms with Crippen molar-refractivity contribution in [1.82, 2.24) is 20.4 Å². The molecule has 1 saturated heterocycles. The molecule has 1 aromatic heterocycles. The van der Waals surface area contributed by atoms with Crippen LogP contribution in [0.3, 0.4) is 0 Å². The number of aromatic nitrogens is 2. The Bertz CT molecular complexity index is 650. The van der Waals surface area contributed by atoms with Gasteiger partial charge in [-0.25, -0.2) is 4.79 Å². The molecule has 1 unspecified atom stereocenters. The first-order chi connectivity index (χ1) is 12.3. The molecule has 142 valence electrons. The number of hydrogen-bond donors (Lipinski definition) is 1. The molecule has 0 radical (unpaired) electrons. The van der Waals surface area contributed by atoms with Crippen LogP contribution >= 0.6 is 0 Å². The summed E-state index contributed by atoms with van der Waals surface area (Å²) in [4.78, 5) is 27.5. The molecule has 1 atom stereocenters. The van der Waals surface area contributed by atoms with Crippen molar-refractivity contribution < 1.29 is 14.3 Å². The van der Waals surface area contributed by atoms with Crippen LogP contribution in [0.15, 0.2) is 18.5 Å². The van der Waals surface area contributed by atoms with Crippen LogP contribution in [0.2, 0.25) is 0 Å². The first-order valence-electron chi connectivity index (χ1n) is 9.36. The third-order valence-corrected chi connectivity index (χ3v) is 5.25. The molecule has 26 heavy (non-hydrogen) atoms. The lowest BCUT2D eigenvalue weighted by Crippen LogP contribution is -2.65. The number of hydrogen-bond acceptors (Lipinski definition) is 5. The van der Waals surface area contributed by atoms with Crippen LogP contribution in [0.1, 0.15) is 58.4 Å². The third kappa shape index (κ3) is 4.14. The van der Waals surface area contributed by atoms with E-state index >= 15 is 0 Å². The number of likely N-dealkylation sites (tertiary alicyclic amines) is 1. The maximum atomic E-state index is 13.2. The Kier molecular flexibility index (Phi) is 5.16. The highest BCUT2D eigenvalue weighted by molar-refractivity contribution is 5.87. The zero-order chi connectivity index (χ0) is 18.8. The van der Waals surface area contributed by atoms with Gasteiger partial charge in [0.2, 0.25) is 5.91 Å². The van der Waals surface area contributed by atoms with Gasteiger partial charge in [-0.05, 0) is 51.7 Å². The fraction of sp³-hybridized carbons (Fsp3) is 0.684. The summed E-state index contributed by atoms with van der Waals surface area (Å²) in [5.74, 6) is -0.0270. The van der Waals surface area contributed by atoms with Crippen LogP contribution in [0.5, 0.6) is 0 Å². The Morgan fingerprint density at radius 1 is 1.27 bits per heavy atom. The standard InChI is InChI=1S/C19H28N4O3/c1-18(2,3)26-17(25)22-15(12-14-6-10-20-21-13-14)16(24)23-11-9-19(23)7-4-5-8-19/h6,10,13,15H,4-5,7-9,11-12H2,1-3H3,(H,22,25). The number of carbonyl (C=O) groups excluding carboxylic acids is 2. The van der Waals surface area contributed by atoms with Gasteiger partial charge >= 0.3 is 6.09 Å². The Morgan fingerprint density at radius 3 is 2.54 bits per heavy atom. The maximum absolute atomic E-state index is 13.2. The third-order valence-electron chi connectivity index (χ3n) is 5.25. The molecule has 2 amide bonds. The summed E-state index contributed by atoms with van der Waals surface area (Å²) in [5, 5.41) is 10.4. The molecule has 2 heterocycles. The van der Waals surface area contributed by atoms with Crippen molar-refractivity contribution in [2.75, 3.05) is 6.54 Å². The Balaban J connectivity index is 1.73. The topological polar surface area (TPSA) is 84.4 Å². The molecule has 7 nitrogen and oxygen atoms in total. The molecule has 2 aliphatic rings. The molecule has 1 saturated carbocycles. The van der Waals surface area contributed by atoms with E-state index in [2.05, 4.69) is 15.5 Å². The predicted octanol–water partition coefficient (Wildman–Crippen LogP) is 2.46. The SMILES string of the molecule is CC(C)(C)OC(=O)NC(Cc1ccnnc1)C(=O)N1CCC12CCCC2. The van der Waals surface area contributed by atoms with Gasteiger partial charge in [-0.1, -0.05) is 12.8 Å². The lowest BCUT2D eigenvalue weighted by Gasteiger charge is -2.52. The van der Waals surface area contributed by atoms with E-state index in [-0.39, 0.29) is 11.4 Å². The molecule has 1 spiro atoms. The number of nitrogens with zero attached hydrogens (tertiary/aromatic N) is 3. The largest absolute Gasteiger partial charge is 0.444 e. The van der Waals surface area contributed by atoms with Gasteiger partial charge in [0.25, 0.3) is 0 Å². The van der Waals surface area contributed by atoms with E-state index in [1.165, 1.54) is 12.8 Å². The Labute approximate surface area is 154 Å². The van der Waals surface area contributed by atoms with E-state index < -0.39 is 17.7 Å². The highest BCUT2D eigenvalue weighted by Gasteiger charge is 2.50. The minimum Gasteiger partial charge on any atom is -0.444 e. The number of carbonyl (C=O) groups is 2. The lowest BCUT2D eigenvalue weighted by molar-refractivity contribution is -0.149. The molecule has 3 rings (SSSR count). The number of alkyl carbamates (subject to hydrolysis) is 1. The van der Waals surface area contributed by atoms with Gasteiger partial charge < -0.3 is 15.0 Å². The average molecular weight is 360 g/mol. The molecule has 1 aliphatic carbocycles.